The molecule has 238 valence electrons. The first kappa shape index (κ1) is 30.7. The first-order chi connectivity index (χ1) is 23.2. The Morgan fingerprint density at radius 2 is 1.56 bits per heavy atom. The van der Waals surface area contributed by atoms with Crippen LogP contribution in [0, 0.1) is 6.92 Å². The fourth-order valence-electron chi connectivity index (χ4n) is 5.70. The minimum Gasteiger partial charge on any atom is -0.333 e. The van der Waals surface area contributed by atoms with E-state index in [1.165, 1.54) is 12.1 Å². The molecule has 0 atom stereocenters. The van der Waals surface area contributed by atoms with E-state index < -0.39 is 10.1 Å². The number of fused-ring (bicyclic) bond motifs is 4. The fourth-order valence-corrected chi connectivity index (χ4v) is 6.18. The van der Waals surface area contributed by atoms with Gasteiger partial charge in [0.1, 0.15) is 0 Å². The molecular weight excluding hydrogens is 625 g/mol. The number of hydrogen-bond acceptors (Lipinski definition) is 6. The molecule has 0 bridgehead atoms. The largest absolute Gasteiger partial charge is 0.333 e. The van der Waals surface area contributed by atoms with Crippen LogP contribution in [0.15, 0.2) is 138 Å². The van der Waals surface area contributed by atoms with Crippen molar-refractivity contribution in [3.05, 3.63) is 150 Å². The topological polar surface area (TPSA) is 125 Å². The van der Waals surface area contributed by atoms with E-state index in [1.807, 2.05) is 60.3 Å². The molecule has 0 aliphatic heterocycles. The highest BCUT2D eigenvalue weighted by molar-refractivity contribution is 7.85. The summed E-state index contributed by atoms with van der Waals surface area (Å²) in [6, 6.07) is 30.5. The maximum Gasteiger partial charge on any atom is 0.333 e. The third-order valence-electron chi connectivity index (χ3n) is 8.24. The molecule has 48 heavy (non-hydrogen) atoms. The van der Waals surface area contributed by atoms with E-state index in [4.69, 9.17) is 4.55 Å². The van der Waals surface area contributed by atoms with Crippen LogP contribution in [0.1, 0.15) is 11.1 Å². The average molecular weight is 655 g/mol. The van der Waals surface area contributed by atoms with Gasteiger partial charge in [-0.2, -0.15) is 8.42 Å². The highest BCUT2D eigenvalue weighted by Crippen LogP contribution is 2.30. The molecule has 10 nitrogen and oxygen atoms in total. The molecule has 4 heterocycles. The summed E-state index contributed by atoms with van der Waals surface area (Å²) in [6.07, 6.45) is 9.18. The average Bonchev–Trinajstić information content (AvgIpc) is 3.70. The lowest BCUT2D eigenvalue weighted by Gasteiger charge is -2.09. The lowest BCUT2D eigenvalue weighted by Crippen LogP contribution is -2.20. The number of hydrogen-bond donors (Lipinski definition) is 1. The number of benzene rings is 4. The lowest BCUT2D eigenvalue weighted by atomic mass is 10.0. The molecule has 8 rings (SSSR count). The van der Waals surface area contributed by atoms with Crippen LogP contribution < -0.4 is 5.69 Å². The molecule has 0 amide bonds. The monoisotopic (exact) mass is 654 g/mol. The van der Waals surface area contributed by atoms with Crippen LogP contribution in [0.25, 0.3) is 49.7 Å². The van der Waals surface area contributed by atoms with Gasteiger partial charge in [-0.15, -0.1) is 0 Å². The fraction of sp³-hybridized carbons (Fsp3) is 0.0811. The van der Waals surface area contributed by atoms with E-state index in [-0.39, 0.29) is 10.6 Å². The van der Waals surface area contributed by atoms with Crippen LogP contribution >= 0.6 is 0 Å². The molecule has 0 spiro atoms. The standard InChI is InChI=1S/C30H22N6O.C7H8O3S/c1-34-28-17-33-27-11-8-21(23-14-22-4-2-3-5-26(22)32-16-23)15-25(27)29(28)36(30(34)37)24-9-6-20(7-10-24)18-35-13-12-31-19-35;1-6-2-4-7(5-3-6)11(8,9)10/h2-17,19H,18H2,1H3;2-5H,1H3,(H,8,9,10). The molecule has 11 heteroatoms. The number of para-hydroxylation sites is 1. The van der Waals surface area contributed by atoms with Gasteiger partial charge in [-0.1, -0.05) is 54.1 Å². The van der Waals surface area contributed by atoms with Gasteiger partial charge in [0, 0.05) is 48.5 Å². The number of aryl methyl sites for hydroxylation is 2. The van der Waals surface area contributed by atoms with Crippen molar-refractivity contribution in [2.75, 3.05) is 0 Å². The van der Waals surface area contributed by atoms with Crippen LogP contribution in [-0.2, 0) is 23.7 Å². The van der Waals surface area contributed by atoms with E-state index in [2.05, 4.69) is 51.4 Å². The molecule has 0 aliphatic rings. The lowest BCUT2D eigenvalue weighted by molar-refractivity contribution is 0.483. The molecule has 0 saturated carbocycles. The van der Waals surface area contributed by atoms with Gasteiger partial charge in [0.2, 0.25) is 0 Å². The van der Waals surface area contributed by atoms with E-state index in [9.17, 15) is 13.2 Å². The summed E-state index contributed by atoms with van der Waals surface area (Å²) in [5, 5.41) is 2.01. The quantitative estimate of drug-likeness (QED) is 0.208. The molecule has 1 N–H and O–H groups in total. The Labute approximate surface area is 276 Å². The Morgan fingerprint density at radius 3 is 2.29 bits per heavy atom. The van der Waals surface area contributed by atoms with Crippen LogP contribution in [0.3, 0.4) is 0 Å². The Balaban J connectivity index is 0.000000284. The van der Waals surface area contributed by atoms with Crippen molar-refractivity contribution >= 4 is 43.0 Å². The molecule has 4 aromatic heterocycles. The van der Waals surface area contributed by atoms with Crippen LogP contribution in [-0.4, -0.2) is 41.6 Å². The molecule has 4 aromatic carbocycles. The second-order valence-electron chi connectivity index (χ2n) is 11.5. The van der Waals surface area contributed by atoms with E-state index >= 15 is 0 Å². The summed E-state index contributed by atoms with van der Waals surface area (Å²) in [5.41, 5.74) is 8.27. The summed E-state index contributed by atoms with van der Waals surface area (Å²) in [6.45, 7) is 2.56. The number of nitrogens with zero attached hydrogens (tertiary/aromatic N) is 6. The number of imidazole rings is 2. The molecule has 0 unspecified atom stereocenters. The molecular formula is C37H30N6O4S. The zero-order valence-electron chi connectivity index (χ0n) is 26.1. The Bertz CT molecular complexity index is 2590. The van der Waals surface area contributed by atoms with Gasteiger partial charge in [-0.05, 0) is 66.6 Å². The first-order valence-corrected chi connectivity index (χ1v) is 16.5. The van der Waals surface area contributed by atoms with Gasteiger partial charge < -0.3 is 4.57 Å². The van der Waals surface area contributed by atoms with E-state index in [1.54, 1.807) is 47.0 Å². The number of pyridine rings is 2. The maximum atomic E-state index is 13.5. The Morgan fingerprint density at radius 1 is 0.812 bits per heavy atom. The number of aromatic nitrogens is 6. The van der Waals surface area contributed by atoms with E-state index in [0.717, 1.165) is 67.3 Å². The maximum absolute atomic E-state index is 13.5. The van der Waals surface area contributed by atoms with Crippen molar-refractivity contribution in [1.82, 2.24) is 28.7 Å². The summed E-state index contributed by atoms with van der Waals surface area (Å²) in [5.74, 6) is 0. The van der Waals surface area contributed by atoms with Crippen molar-refractivity contribution in [2.45, 2.75) is 18.4 Å². The second-order valence-corrected chi connectivity index (χ2v) is 12.9. The van der Waals surface area contributed by atoms with Gasteiger partial charge in [0.15, 0.2) is 0 Å². The van der Waals surface area contributed by atoms with Crippen LogP contribution in [0.2, 0.25) is 0 Å². The van der Waals surface area contributed by atoms with Gasteiger partial charge in [0.25, 0.3) is 10.1 Å². The van der Waals surface area contributed by atoms with Crippen LogP contribution in [0.5, 0.6) is 0 Å². The smallest absolute Gasteiger partial charge is 0.333 e. The second kappa shape index (κ2) is 12.4. The molecule has 0 radical (unpaired) electrons. The predicted octanol–water partition coefficient (Wildman–Crippen LogP) is 6.58. The third-order valence-corrected chi connectivity index (χ3v) is 9.11. The van der Waals surface area contributed by atoms with Gasteiger partial charge in [0.05, 0.1) is 45.2 Å². The van der Waals surface area contributed by atoms with Crippen molar-refractivity contribution in [3.63, 3.8) is 0 Å². The minimum atomic E-state index is -4.02. The minimum absolute atomic E-state index is 0.0666. The van der Waals surface area contributed by atoms with Gasteiger partial charge in [-0.25, -0.2) is 9.78 Å². The van der Waals surface area contributed by atoms with Crippen molar-refractivity contribution in [2.24, 2.45) is 7.05 Å². The normalized spacial score (nSPS) is 11.6. The highest BCUT2D eigenvalue weighted by atomic mass is 32.2. The predicted molar refractivity (Wildman–Crippen MR) is 187 cm³/mol. The third kappa shape index (κ3) is 5.99. The molecule has 8 aromatic rings. The highest BCUT2D eigenvalue weighted by Gasteiger charge is 2.17. The summed E-state index contributed by atoms with van der Waals surface area (Å²) >= 11 is 0. The van der Waals surface area contributed by atoms with Crippen molar-refractivity contribution < 1.29 is 13.0 Å². The summed E-state index contributed by atoms with van der Waals surface area (Å²) in [7, 11) is -2.23. The van der Waals surface area contributed by atoms with Crippen molar-refractivity contribution in [1.29, 1.82) is 0 Å². The van der Waals surface area contributed by atoms with Gasteiger partial charge >= 0.3 is 5.69 Å². The van der Waals surface area contributed by atoms with Crippen molar-refractivity contribution in [3.8, 4) is 16.8 Å². The Kier molecular flexibility index (Phi) is 7.91. The zero-order valence-corrected chi connectivity index (χ0v) is 26.9. The summed E-state index contributed by atoms with van der Waals surface area (Å²) < 4.78 is 35.0. The SMILES string of the molecule is Cc1ccc(S(=O)(=O)O)cc1.Cn1c(=O)n(-c2ccc(Cn3ccnc3)cc2)c2c3cc(-c4cnc5ccccc5c4)ccc3ncc21. The van der Waals surface area contributed by atoms with E-state index in [0.29, 0.717) is 0 Å². The number of rotatable bonds is 5. The first-order valence-electron chi connectivity index (χ1n) is 15.1. The Hall–Kier alpha value is -5.91. The van der Waals surface area contributed by atoms with Crippen LogP contribution in [0.4, 0.5) is 0 Å². The summed E-state index contributed by atoms with van der Waals surface area (Å²) in [4.78, 5) is 26.8. The molecule has 0 saturated heterocycles. The molecule has 0 aliphatic carbocycles. The van der Waals surface area contributed by atoms with Gasteiger partial charge in [-0.3, -0.25) is 23.7 Å². The molecule has 0 fully saturated rings. The zero-order chi connectivity index (χ0) is 33.4.